The van der Waals surface area contributed by atoms with E-state index in [1.54, 1.807) is 6.33 Å². The van der Waals surface area contributed by atoms with Crippen LogP contribution in [0.5, 0.6) is 0 Å². The molecule has 0 atom stereocenters. The number of halogens is 1. The number of anilines is 1. The molecule has 4 rings (SSSR count). The van der Waals surface area contributed by atoms with Gasteiger partial charge in [0.2, 0.25) is 5.65 Å². The second kappa shape index (κ2) is 5.90. The fraction of sp³-hybridized carbons (Fsp3) is 0.0588. The summed E-state index contributed by atoms with van der Waals surface area (Å²) in [7, 11) is 0. The zero-order valence-corrected chi connectivity index (χ0v) is 13.6. The number of rotatable bonds is 3. The molecule has 0 fully saturated rings. The number of hydrogen-bond acceptors (Lipinski definition) is 5. The summed E-state index contributed by atoms with van der Waals surface area (Å²) in [5.74, 6) is 0.555. The number of aromatic nitrogens is 4. The highest BCUT2D eigenvalue weighted by atomic mass is 35.5. The van der Waals surface area contributed by atoms with Gasteiger partial charge in [0.25, 0.3) is 0 Å². The first-order chi connectivity index (χ1) is 11.7. The molecule has 0 bridgehead atoms. The van der Waals surface area contributed by atoms with E-state index in [1.165, 1.54) is 0 Å². The molecule has 0 unspecified atom stereocenters. The van der Waals surface area contributed by atoms with Crippen molar-refractivity contribution in [2.75, 3.05) is 5.43 Å². The van der Waals surface area contributed by atoms with Crippen molar-refractivity contribution in [2.24, 2.45) is 5.10 Å². The Bertz CT molecular complexity index is 1050. The van der Waals surface area contributed by atoms with Crippen molar-refractivity contribution in [3.05, 3.63) is 65.4 Å². The maximum absolute atomic E-state index is 5.91. The fourth-order valence-corrected chi connectivity index (χ4v) is 2.60. The van der Waals surface area contributed by atoms with Gasteiger partial charge in [-0.05, 0) is 36.8 Å². The molecule has 118 valence electrons. The van der Waals surface area contributed by atoms with E-state index in [0.717, 1.165) is 22.3 Å². The van der Waals surface area contributed by atoms with Crippen molar-refractivity contribution in [3.8, 4) is 0 Å². The third-order valence-corrected chi connectivity index (χ3v) is 3.98. The summed E-state index contributed by atoms with van der Waals surface area (Å²) >= 11 is 5.91. The van der Waals surface area contributed by atoms with Crippen LogP contribution in [0.4, 0.5) is 5.82 Å². The van der Waals surface area contributed by atoms with Crippen molar-refractivity contribution in [3.63, 3.8) is 0 Å². The van der Waals surface area contributed by atoms with Gasteiger partial charge < -0.3 is 0 Å². The molecule has 1 N–H and O–H groups in total. The van der Waals surface area contributed by atoms with Crippen LogP contribution >= 0.6 is 11.6 Å². The predicted molar refractivity (Wildman–Crippen MR) is 95.6 cm³/mol. The largest absolute Gasteiger partial charge is 0.277 e. The van der Waals surface area contributed by atoms with Crippen LogP contribution in [-0.2, 0) is 0 Å². The molecular formula is C17H13ClN6. The van der Waals surface area contributed by atoms with Crippen LogP contribution in [0.3, 0.4) is 0 Å². The van der Waals surface area contributed by atoms with E-state index in [1.807, 2.05) is 59.9 Å². The Morgan fingerprint density at radius 3 is 2.75 bits per heavy atom. The summed E-state index contributed by atoms with van der Waals surface area (Å²) in [6.07, 6.45) is 1.67. The molecular weight excluding hydrogens is 324 g/mol. The first-order valence-corrected chi connectivity index (χ1v) is 7.75. The van der Waals surface area contributed by atoms with Gasteiger partial charge in [-0.2, -0.15) is 5.10 Å². The Kier molecular flexibility index (Phi) is 3.59. The minimum Gasteiger partial charge on any atom is -0.277 e. The van der Waals surface area contributed by atoms with Gasteiger partial charge in [0.1, 0.15) is 6.33 Å². The van der Waals surface area contributed by atoms with E-state index in [2.05, 4.69) is 25.7 Å². The van der Waals surface area contributed by atoms with Crippen LogP contribution < -0.4 is 5.43 Å². The number of para-hydroxylation sites is 2. The third kappa shape index (κ3) is 2.57. The standard InChI is InChI=1S/C17H13ClN6/c1-11(12-6-8-13(18)9-7-12)21-22-16-17-23-19-10-24(17)15-5-3-2-4-14(15)20-16/h2-10H,1H3,(H,20,22)/b21-11-. The van der Waals surface area contributed by atoms with Gasteiger partial charge >= 0.3 is 0 Å². The van der Waals surface area contributed by atoms with Gasteiger partial charge in [0, 0.05) is 5.02 Å². The summed E-state index contributed by atoms with van der Waals surface area (Å²) < 4.78 is 1.89. The predicted octanol–water partition coefficient (Wildman–Crippen LogP) is 3.77. The average molecular weight is 337 g/mol. The first-order valence-electron chi connectivity index (χ1n) is 7.37. The van der Waals surface area contributed by atoms with Crippen molar-refractivity contribution >= 4 is 39.8 Å². The Hall–Kier alpha value is -2.99. The lowest BCUT2D eigenvalue weighted by Crippen LogP contribution is -2.03. The van der Waals surface area contributed by atoms with Crippen LogP contribution in [0.25, 0.3) is 16.7 Å². The van der Waals surface area contributed by atoms with Gasteiger partial charge in [0.15, 0.2) is 5.82 Å². The molecule has 0 spiro atoms. The summed E-state index contributed by atoms with van der Waals surface area (Å²) in [6.45, 7) is 1.91. The minimum absolute atomic E-state index is 0.555. The fourth-order valence-electron chi connectivity index (χ4n) is 2.47. The second-order valence-corrected chi connectivity index (χ2v) is 5.73. The van der Waals surface area contributed by atoms with Gasteiger partial charge in [-0.25, -0.2) is 4.98 Å². The zero-order chi connectivity index (χ0) is 16.5. The second-order valence-electron chi connectivity index (χ2n) is 5.29. The maximum atomic E-state index is 5.91. The van der Waals surface area contributed by atoms with Crippen molar-refractivity contribution < 1.29 is 0 Å². The molecule has 24 heavy (non-hydrogen) atoms. The lowest BCUT2D eigenvalue weighted by atomic mass is 10.1. The molecule has 2 aromatic heterocycles. The van der Waals surface area contributed by atoms with Crippen LogP contribution in [0.15, 0.2) is 60.0 Å². The normalized spacial score (nSPS) is 12.0. The number of benzene rings is 2. The molecule has 0 aliphatic heterocycles. The van der Waals surface area contributed by atoms with Crippen molar-refractivity contribution in [2.45, 2.75) is 6.92 Å². The topological polar surface area (TPSA) is 67.5 Å². The van der Waals surface area contributed by atoms with E-state index >= 15 is 0 Å². The summed E-state index contributed by atoms with van der Waals surface area (Å²) in [5, 5.41) is 13.2. The molecule has 2 heterocycles. The van der Waals surface area contributed by atoms with Crippen molar-refractivity contribution in [1.82, 2.24) is 19.6 Å². The number of nitrogens with zero attached hydrogens (tertiary/aromatic N) is 5. The number of nitrogens with one attached hydrogen (secondary N) is 1. The highest BCUT2D eigenvalue weighted by molar-refractivity contribution is 6.30. The summed E-state index contributed by atoms with van der Waals surface area (Å²) in [6, 6.07) is 15.3. The van der Waals surface area contributed by atoms with Crippen LogP contribution in [-0.4, -0.2) is 25.3 Å². The molecule has 0 radical (unpaired) electrons. The molecule has 0 aliphatic rings. The number of hydrogen-bond donors (Lipinski definition) is 1. The summed E-state index contributed by atoms with van der Waals surface area (Å²) in [5.41, 5.74) is 7.21. The van der Waals surface area contributed by atoms with E-state index in [9.17, 15) is 0 Å². The molecule has 6 nitrogen and oxygen atoms in total. The maximum Gasteiger partial charge on any atom is 0.205 e. The number of fused-ring (bicyclic) bond motifs is 3. The number of hydrazone groups is 1. The SMILES string of the molecule is C/C(=N/Nc1nc2ccccc2n2cnnc12)c1ccc(Cl)cc1. The van der Waals surface area contributed by atoms with E-state index in [0.29, 0.717) is 16.5 Å². The van der Waals surface area contributed by atoms with Gasteiger partial charge in [-0.15, -0.1) is 10.2 Å². The lowest BCUT2D eigenvalue weighted by molar-refractivity contribution is 1.11. The third-order valence-electron chi connectivity index (χ3n) is 3.72. The smallest absolute Gasteiger partial charge is 0.205 e. The Labute approximate surface area is 142 Å². The van der Waals surface area contributed by atoms with Crippen LogP contribution in [0.1, 0.15) is 12.5 Å². The van der Waals surface area contributed by atoms with E-state index in [-0.39, 0.29) is 0 Å². The Morgan fingerprint density at radius 1 is 1.12 bits per heavy atom. The van der Waals surface area contributed by atoms with Gasteiger partial charge in [-0.3, -0.25) is 9.83 Å². The van der Waals surface area contributed by atoms with Crippen LogP contribution in [0, 0.1) is 0 Å². The highest BCUT2D eigenvalue weighted by Crippen LogP contribution is 2.20. The minimum atomic E-state index is 0.555. The Balaban J connectivity index is 1.74. The van der Waals surface area contributed by atoms with Crippen LogP contribution in [0.2, 0.25) is 5.02 Å². The zero-order valence-electron chi connectivity index (χ0n) is 12.8. The molecule has 0 aliphatic carbocycles. The average Bonchev–Trinajstić information content (AvgIpc) is 3.10. The Morgan fingerprint density at radius 2 is 1.92 bits per heavy atom. The molecule has 2 aromatic carbocycles. The molecule has 0 saturated heterocycles. The molecule has 4 aromatic rings. The molecule has 0 amide bonds. The van der Waals surface area contributed by atoms with Gasteiger partial charge in [0.05, 0.1) is 16.7 Å². The molecule has 0 saturated carbocycles. The van der Waals surface area contributed by atoms with Gasteiger partial charge in [-0.1, -0.05) is 35.9 Å². The molecule has 7 heteroatoms. The van der Waals surface area contributed by atoms with Crippen molar-refractivity contribution in [1.29, 1.82) is 0 Å². The quantitative estimate of drug-likeness (QED) is 0.457. The van der Waals surface area contributed by atoms with E-state index < -0.39 is 0 Å². The van der Waals surface area contributed by atoms with E-state index in [4.69, 9.17) is 11.6 Å². The first kappa shape index (κ1) is 14.6. The summed E-state index contributed by atoms with van der Waals surface area (Å²) in [4.78, 5) is 4.59. The highest BCUT2D eigenvalue weighted by Gasteiger charge is 2.09. The monoisotopic (exact) mass is 336 g/mol. The lowest BCUT2D eigenvalue weighted by Gasteiger charge is -2.07.